The minimum Gasteiger partial charge on any atom is -0.451 e. The number of nitrogens with one attached hydrogen (secondary N) is 2. The van der Waals surface area contributed by atoms with E-state index in [1.807, 2.05) is 62.4 Å². The number of carbonyl (C=O) groups excluding carboxylic acids is 3. The normalized spacial score (nSPS) is 18.5. The van der Waals surface area contributed by atoms with Crippen molar-refractivity contribution in [3.05, 3.63) is 72.0 Å². The number of amides is 3. The Morgan fingerprint density at radius 1 is 1.12 bits per heavy atom. The fraction of sp³-hybridized carbons (Fsp3) is 0.414. The summed E-state index contributed by atoms with van der Waals surface area (Å²) in [6, 6.07) is 16.4. The van der Waals surface area contributed by atoms with Crippen LogP contribution in [-0.4, -0.2) is 76.3 Å². The number of hydrogen-bond donors (Lipinski definition) is 4. The van der Waals surface area contributed by atoms with Crippen LogP contribution in [0, 0.1) is 5.92 Å². The summed E-state index contributed by atoms with van der Waals surface area (Å²) in [6.07, 6.45) is -1.28. The SMILES string of the molecule is CB(O)N1CCC(NC(=O)[C@H](CC(C)C)NC(=O)c2cc3ccccc3o2)C(O)CN1C(=O)OCc1ccccc1. The molecule has 11 nitrogen and oxygen atoms in total. The number of aliphatic hydroxyl groups is 1. The third-order valence-corrected chi connectivity index (χ3v) is 6.96. The predicted molar refractivity (Wildman–Crippen MR) is 153 cm³/mol. The van der Waals surface area contributed by atoms with Gasteiger partial charge in [-0.1, -0.05) is 62.4 Å². The van der Waals surface area contributed by atoms with Crippen molar-refractivity contribution in [3.63, 3.8) is 0 Å². The molecule has 0 aliphatic carbocycles. The van der Waals surface area contributed by atoms with E-state index in [-0.39, 0.29) is 37.8 Å². The lowest BCUT2D eigenvalue weighted by molar-refractivity contribution is -0.125. The number of rotatable bonds is 9. The first-order valence-corrected chi connectivity index (χ1v) is 13.8. The van der Waals surface area contributed by atoms with Gasteiger partial charge in [0.25, 0.3) is 5.91 Å². The predicted octanol–water partition coefficient (Wildman–Crippen LogP) is 2.79. The maximum atomic E-state index is 13.4. The summed E-state index contributed by atoms with van der Waals surface area (Å²) in [4.78, 5) is 40.8. The van der Waals surface area contributed by atoms with Crippen LogP contribution in [0.2, 0.25) is 6.82 Å². The first-order valence-electron chi connectivity index (χ1n) is 13.8. The maximum absolute atomic E-state index is 13.4. The van der Waals surface area contributed by atoms with Gasteiger partial charge in [-0.15, -0.1) is 0 Å². The standard InChI is InChI=1S/C29H37BN4O7/c1-19(2)15-23(32-28(37)26-16-21-11-7-8-12-25(21)41-26)27(36)31-22-13-14-34(30(3)39)33(17-24(22)35)29(38)40-18-20-9-5-4-6-10-20/h4-12,16,19,22-24,35,39H,13-15,17-18H2,1-3H3,(H,31,36)(H,32,37)/t22?,23-,24?/m0/s1. The first-order chi connectivity index (χ1) is 19.6. The highest BCUT2D eigenvalue weighted by Crippen LogP contribution is 2.20. The summed E-state index contributed by atoms with van der Waals surface area (Å²) < 4.78 is 11.1. The highest BCUT2D eigenvalue weighted by atomic mass is 16.6. The molecule has 1 fully saturated rings. The van der Waals surface area contributed by atoms with Crippen LogP contribution in [0.1, 0.15) is 42.8 Å². The van der Waals surface area contributed by atoms with Crippen molar-refractivity contribution in [2.75, 3.05) is 13.1 Å². The molecule has 12 heteroatoms. The molecule has 3 atom stereocenters. The third-order valence-electron chi connectivity index (χ3n) is 6.96. The quantitative estimate of drug-likeness (QED) is 0.291. The molecule has 0 radical (unpaired) electrons. The average molecular weight is 564 g/mol. The van der Waals surface area contributed by atoms with Gasteiger partial charge in [0.2, 0.25) is 5.91 Å². The van der Waals surface area contributed by atoms with Crippen LogP contribution >= 0.6 is 0 Å². The van der Waals surface area contributed by atoms with Gasteiger partial charge in [-0.25, -0.2) is 14.7 Å². The number of ether oxygens (including phenoxy) is 1. The van der Waals surface area contributed by atoms with Crippen LogP contribution < -0.4 is 10.6 Å². The minimum absolute atomic E-state index is 0.0297. The van der Waals surface area contributed by atoms with E-state index < -0.39 is 43.1 Å². The fourth-order valence-electron chi connectivity index (χ4n) is 4.83. The number of benzene rings is 2. The Morgan fingerprint density at radius 2 is 1.83 bits per heavy atom. The molecule has 0 bridgehead atoms. The van der Waals surface area contributed by atoms with Crippen LogP contribution in [0.4, 0.5) is 4.79 Å². The van der Waals surface area contributed by atoms with Gasteiger partial charge in [0.15, 0.2) is 5.76 Å². The summed E-state index contributed by atoms with van der Waals surface area (Å²) in [5.41, 5.74) is 1.37. The van der Waals surface area contributed by atoms with Gasteiger partial charge < -0.3 is 29.9 Å². The van der Waals surface area contributed by atoms with Crippen LogP contribution in [0.25, 0.3) is 11.0 Å². The van der Waals surface area contributed by atoms with E-state index in [0.29, 0.717) is 12.0 Å². The largest absolute Gasteiger partial charge is 0.451 e. The molecule has 4 N–H and O–H groups in total. The Morgan fingerprint density at radius 3 is 2.51 bits per heavy atom. The Hall–Kier alpha value is -3.87. The highest BCUT2D eigenvalue weighted by Gasteiger charge is 2.38. The van der Waals surface area contributed by atoms with Crippen LogP contribution in [0.3, 0.4) is 0 Å². The molecule has 0 spiro atoms. The molecule has 2 heterocycles. The smallest absolute Gasteiger partial charge is 0.424 e. The molecular formula is C29H37BN4O7. The second-order valence-corrected chi connectivity index (χ2v) is 10.7. The number of para-hydroxylation sites is 1. The number of nitrogens with zero attached hydrogens (tertiary/aromatic N) is 2. The molecular weight excluding hydrogens is 527 g/mol. The second kappa shape index (κ2) is 13.7. The van der Waals surface area contributed by atoms with Crippen molar-refractivity contribution in [1.82, 2.24) is 20.6 Å². The molecule has 4 rings (SSSR count). The number of aliphatic hydroxyl groups excluding tert-OH is 1. The minimum atomic E-state index is -1.15. The number of furan rings is 1. The maximum Gasteiger partial charge on any atom is 0.424 e. The van der Waals surface area contributed by atoms with Crippen molar-refractivity contribution in [1.29, 1.82) is 0 Å². The molecule has 2 aromatic carbocycles. The number of β-amino-alcohol motifs (C(OH)–C–C–N with tert-alkyl or cyclic N) is 1. The highest BCUT2D eigenvalue weighted by molar-refractivity contribution is 6.45. The molecule has 0 saturated carbocycles. The molecule has 3 amide bonds. The van der Waals surface area contributed by atoms with E-state index in [4.69, 9.17) is 9.15 Å². The molecule has 1 saturated heterocycles. The van der Waals surface area contributed by atoms with Crippen LogP contribution in [0.15, 0.2) is 65.1 Å². The van der Waals surface area contributed by atoms with Crippen molar-refractivity contribution < 1.29 is 33.7 Å². The molecule has 3 aromatic rings. The molecule has 1 aromatic heterocycles. The van der Waals surface area contributed by atoms with E-state index in [1.165, 1.54) is 16.8 Å². The average Bonchev–Trinajstić information content (AvgIpc) is 3.31. The van der Waals surface area contributed by atoms with E-state index in [0.717, 1.165) is 10.9 Å². The lowest BCUT2D eigenvalue weighted by Crippen LogP contribution is -2.55. The van der Waals surface area contributed by atoms with Crippen molar-refractivity contribution in [2.45, 2.75) is 58.3 Å². The van der Waals surface area contributed by atoms with Crippen molar-refractivity contribution >= 4 is 35.9 Å². The number of hydrogen-bond acceptors (Lipinski definition) is 8. The second-order valence-electron chi connectivity index (χ2n) is 10.7. The molecule has 2 unspecified atom stereocenters. The topological polar surface area (TPSA) is 145 Å². The van der Waals surface area contributed by atoms with Crippen LogP contribution in [0.5, 0.6) is 0 Å². The van der Waals surface area contributed by atoms with Gasteiger partial charge in [0, 0.05) is 11.9 Å². The van der Waals surface area contributed by atoms with Gasteiger partial charge >= 0.3 is 13.1 Å². The summed E-state index contributed by atoms with van der Waals surface area (Å²) >= 11 is 0. The zero-order valence-corrected chi connectivity index (χ0v) is 23.5. The molecule has 218 valence electrons. The monoisotopic (exact) mass is 564 g/mol. The van der Waals surface area contributed by atoms with E-state index in [1.54, 1.807) is 12.1 Å². The zero-order valence-electron chi connectivity index (χ0n) is 23.5. The van der Waals surface area contributed by atoms with Gasteiger partial charge in [-0.3, -0.25) is 9.59 Å². The zero-order chi connectivity index (χ0) is 29.5. The Bertz CT molecular complexity index is 1300. The third kappa shape index (κ3) is 7.87. The Labute approximate surface area is 239 Å². The van der Waals surface area contributed by atoms with E-state index in [2.05, 4.69) is 10.6 Å². The number of fused-ring (bicyclic) bond motifs is 1. The summed E-state index contributed by atoms with van der Waals surface area (Å²) in [5, 5.41) is 29.0. The summed E-state index contributed by atoms with van der Waals surface area (Å²) in [6.45, 7) is 5.38. The lowest BCUT2D eigenvalue weighted by Gasteiger charge is -2.33. The number of carbonyl (C=O) groups is 3. The van der Waals surface area contributed by atoms with Gasteiger partial charge in [-0.2, -0.15) is 0 Å². The summed E-state index contributed by atoms with van der Waals surface area (Å²) in [7, 11) is -1.04. The Balaban J connectivity index is 1.42. The molecule has 1 aliphatic heterocycles. The van der Waals surface area contributed by atoms with E-state index in [9.17, 15) is 24.5 Å². The first kappa shape index (κ1) is 30.1. The van der Waals surface area contributed by atoms with E-state index >= 15 is 0 Å². The number of hydrazine groups is 1. The van der Waals surface area contributed by atoms with Gasteiger partial charge in [0.05, 0.1) is 18.7 Å². The van der Waals surface area contributed by atoms with Gasteiger partial charge in [0.1, 0.15) is 18.2 Å². The lowest BCUT2D eigenvalue weighted by atomic mass is 9.87. The Kier molecular flexibility index (Phi) is 10.0. The molecule has 1 aliphatic rings. The van der Waals surface area contributed by atoms with Crippen molar-refractivity contribution in [3.8, 4) is 0 Å². The van der Waals surface area contributed by atoms with Crippen molar-refractivity contribution in [2.24, 2.45) is 5.92 Å². The van der Waals surface area contributed by atoms with Gasteiger partial charge in [-0.05, 0) is 43.3 Å². The summed E-state index contributed by atoms with van der Waals surface area (Å²) in [5.74, 6) is -0.798. The van der Waals surface area contributed by atoms with Crippen LogP contribution in [-0.2, 0) is 16.1 Å². The fourth-order valence-corrected chi connectivity index (χ4v) is 4.83. The molecule has 41 heavy (non-hydrogen) atoms.